The van der Waals surface area contributed by atoms with Crippen LogP contribution in [-0.4, -0.2) is 59.2 Å². The standard InChI is InChI=1S/C19H21ClN2O6S/c1-26-14-4-6-16(17(12-14)27-2)21-19(23)13-3-5-15(20)18(11-13)29(24,25)22-7-9-28-10-8-22/h3-6,11-12H,7-10H2,1-2H3,(H,21,23). The second-order valence-corrected chi connectivity index (χ2v) is 8.50. The predicted octanol–water partition coefficient (Wildman–Crippen LogP) is 2.63. The highest BCUT2D eigenvalue weighted by Gasteiger charge is 2.29. The number of hydrogen-bond acceptors (Lipinski definition) is 6. The Labute approximate surface area is 174 Å². The molecular weight excluding hydrogens is 420 g/mol. The second-order valence-electron chi connectivity index (χ2n) is 6.18. The zero-order valence-corrected chi connectivity index (χ0v) is 17.5. The van der Waals surface area contributed by atoms with E-state index in [1.54, 1.807) is 18.2 Å². The highest BCUT2D eigenvalue weighted by molar-refractivity contribution is 7.89. The SMILES string of the molecule is COc1ccc(NC(=O)c2ccc(Cl)c(S(=O)(=O)N3CCOCC3)c2)c(OC)c1. The van der Waals surface area contributed by atoms with Gasteiger partial charge in [0.2, 0.25) is 10.0 Å². The Morgan fingerprint density at radius 1 is 1.10 bits per heavy atom. The van der Waals surface area contributed by atoms with Crippen molar-refractivity contribution in [1.29, 1.82) is 0 Å². The lowest BCUT2D eigenvalue weighted by molar-refractivity contribution is 0.0730. The highest BCUT2D eigenvalue weighted by atomic mass is 35.5. The number of nitrogens with zero attached hydrogens (tertiary/aromatic N) is 1. The molecule has 2 aromatic carbocycles. The molecule has 29 heavy (non-hydrogen) atoms. The summed E-state index contributed by atoms with van der Waals surface area (Å²) in [5.74, 6) is 0.488. The predicted molar refractivity (Wildman–Crippen MR) is 109 cm³/mol. The Kier molecular flexibility index (Phi) is 6.63. The smallest absolute Gasteiger partial charge is 0.255 e. The quantitative estimate of drug-likeness (QED) is 0.742. The van der Waals surface area contributed by atoms with Gasteiger partial charge in [0, 0.05) is 24.7 Å². The van der Waals surface area contributed by atoms with E-state index in [4.69, 9.17) is 25.8 Å². The van der Waals surface area contributed by atoms with Gasteiger partial charge in [0.05, 0.1) is 38.1 Å². The summed E-state index contributed by atoms with van der Waals surface area (Å²) in [7, 11) is -0.846. The first-order valence-electron chi connectivity index (χ1n) is 8.77. The van der Waals surface area contributed by atoms with Crippen LogP contribution in [0.1, 0.15) is 10.4 Å². The van der Waals surface area contributed by atoms with Crippen molar-refractivity contribution in [2.75, 3.05) is 45.8 Å². The minimum atomic E-state index is -3.84. The van der Waals surface area contributed by atoms with Crippen LogP contribution >= 0.6 is 11.6 Å². The van der Waals surface area contributed by atoms with Crippen LogP contribution in [0.2, 0.25) is 5.02 Å². The number of benzene rings is 2. The van der Waals surface area contributed by atoms with Crippen LogP contribution < -0.4 is 14.8 Å². The Morgan fingerprint density at radius 2 is 1.83 bits per heavy atom. The summed E-state index contributed by atoms with van der Waals surface area (Å²) in [4.78, 5) is 12.6. The molecule has 0 unspecified atom stereocenters. The summed E-state index contributed by atoms with van der Waals surface area (Å²) < 4.78 is 42.8. The molecule has 0 radical (unpaired) electrons. The molecule has 0 bridgehead atoms. The first kappa shape index (κ1) is 21.4. The van der Waals surface area contributed by atoms with Gasteiger partial charge in [-0.2, -0.15) is 4.31 Å². The third kappa shape index (κ3) is 4.64. The molecule has 0 aliphatic carbocycles. The molecule has 1 fully saturated rings. The number of morpholine rings is 1. The summed E-state index contributed by atoms with van der Waals surface area (Å²) in [6, 6.07) is 9.08. The van der Waals surface area contributed by atoms with Gasteiger partial charge in [-0.25, -0.2) is 8.42 Å². The molecule has 156 valence electrons. The Morgan fingerprint density at radius 3 is 2.48 bits per heavy atom. The van der Waals surface area contributed by atoms with E-state index < -0.39 is 15.9 Å². The summed E-state index contributed by atoms with van der Waals surface area (Å²) in [6.45, 7) is 1.10. The normalized spacial score (nSPS) is 15.0. The molecule has 1 heterocycles. The van der Waals surface area contributed by atoms with Gasteiger partial charge in [0.25, 0.3) is 5.91 Å². The van der Waals surface area contributed by atoms with E-state index in [1.807, 2.05) is 0 Å². The number of sulfonamides is 1. The fourth-order valence-electron chi connectivity index (χ4n) is 2.86. The summed E-state index contributed by atoms with van der Waals surface area (Å²) in [6.07, 6.45) is 0. The number of hydrogen-bond donors (Lipinski definition) is 1. The van der Waals surface area contributed by atoms with E-state index in [0.29, 0.717) is 30.4 Å². The van der Waals surface area contributed by atoms with Crippen LogP contribution in [0.4, 0.5) is 5.69 Å². The van der Waals surface area contributed by atoms with Gasteiger partial charge in [0.15, 0.2) is 0 Å². The van der Waals surface area contributed by atoms with E-state index >= 15 is 0 Å². The molecule has 1 amide bonds. The number of carbonyl (C=O) groups excluding carboxylic acids is 1. The molecule has 0 saturated carbocycles. The number of halogens is 1. The zero-order chi connectivity index (χ0) is 21.0. The van der Waals surface area contributed by atoms with Crippen molar-refractivity contribution in [3.8, 4) is 11.5 Å². The average Bonchev–Trinajstić information content (AvgIpc) is 2.74. The topological polar surface area (TPSA) is 94.2 Å². The Bertz CT molecular complexity index is 1010. The molecule has 0 spiro atoms. The van der Waals surface area contributed by atoms with Crippen molar-refractivity contribution in [1.82, 2.24) is 4.31 Å². The van der Waals surface area contributed by atoms with Crippen LogP contribution in [0, 0.1) is 0 Å². The summed E-state index contributed by atoms with van der Waals surface area (Å²) in [5, 5.41) is 2.77. The molecule has 3 rings (SSSR count). The number of nitrogens with one attached hydrogen (secondary N) is 1. The molecule has 10 heteroatoms. The Balaban J connectivity index is 1.88. The average molecular weight is 441 g/mol. The maximum absolute atomic E-state index is 12.9. The fraction of sp³-hybridized carbons (Fsp3) is 0.316. The molecule has 0 aromatic heterocycles. The van der Waals surface area contributed by atoms with Gasteiger partial charge >= 0.3 is 0 Å². The van der Waals surface area contributed by atoms with Gasteiger partial charge in [-0.1, -0.05) is 11.6 Å². The van der Waals surface area contributed by atoms with Crippen molar-refractivity contribution < 1.29 is 27.4 Å². The first-order chi connectivity index (χ1) is 13.9. The molecule has 1 saturated heterocycles. The minimum absolute atomic E-state index is 0.0510. The molecule has 2 aromatic rings. The monoisotopic (exact) mass is 440 g/mol. The van der Waals surface area contributed by atoms with E-state index in [1.165, 1.54) is 36.7 Å². The first-order valence-corrected chi connectivity index (χ1v) is 10.6. The van der Waals surface area contributed by atoms with Crippen molar-refractivity contribution in [3.63, 3.8) is 0 Å². The van der Waals surface area contributed by atoms with Crippen molar-refractivity contribution >= 4 is 33.2 Å². The molecule has 8 nitrogen and oxygen atoms in total. The number of amides is 1. The van der Waals surface area contributed by atoms with E-state index in [2.05, 4.69) is 5.32 Å². The van der Waals surface area contributed by atoms with Crippen LogP contribution in [0.15, 0.2) is 41.3 Å². The number of methoxy groups -OCH3 is 2. The minimum Gasteiger partial charge on any atom is -0.497 e. The maximum atomic E-state index is 12.9. The number of carbonyl (C=O) groups is 1. The molecular formula is C19H21ClN2O6S. The number of ether oxygens (including phenoxy) is 3. The molecule has 1 aliphatic heterocycles. The Hall–Kier alpha value is -2.33. The van der Waals surface area contributed by atoms with Crippen molar-refractivity contribution in [2.24, 2.45) is 0 Å². The lowest BCUT2D eigenvalue weighted by atomic mass is 10.2. The largest absolute Gasteiger partial charge is 0.497 e. The van der Waals surface area contributed by atoms with Crippen LogP contribution in [-0.2, 0) is 14.8 Å². The van der Waals surface area contributed by atoms with Crippen molar-refractivity contribution in [3.05, 3.63) is 47.0 Å². The lowest BCUT2D eigenvalue weighted by Crippen LogP contribution is -2.40. The van der Waals surface area contributed by atoms with Gasteiger partial charge in [-0.15, -0.1) is 0 Å². The number of anilines is 1. The summed E-state index contributed by atoms with van der Waals surface area (Å²) in [5.41, 5.74) is 0.574. The molecule has 1 aliphatic rings. The van der Waals surface area contributed by atoms with Gasteiger partial charge in [-0.05, 0) is 30.3 Å². The second kappa shape index (κ2) is 9.00. The van der Waals surface area contributed by atoms with Crippen LogP contribution in [0.5, 0.6) is 11.5 Å². The third-order valence-electron chi connectivity index (χ3n) is 4.44. The highest BCUT2D eigenvalue weighted by Crippen LogP contribution is 2.30. The lowest BCUT2D eigenvalue weighted by Gasteiger charge is -2.26. The molecule has 0 atom stereocenters. The summed E-state index contributed by atoms with van der Waals surface area (Å²) >= 11 is 6.14. The molecule has 1 N–H and O–H groups in total. The van der Waals surface area contributed by atoms with E-state index in [-0.39, 0.29) is 28.6 Å². The maximum Gasteiger partial charge on any atom is 0.255 e. The fourth-order valence-corrected chi connectivity index (χ4v) is 4.77. The van der Waals surface area contributed by atoms with Gasteiger partial charge in [-0.3, -0.25) is 4.79 Å². The zero-order valence-electron chi connectivity index (χ0n) is 16.0. The third-order valence-corrected chi connectivity index (χ3v) is 6.82. The van der Waals surface area contributed by atoms with E-state index in [9.17, 15) is 13.2 Å². The van der Waals surface area contributed by atoms with Gasteiger partial charge < -0.3 is 19.5 Å². The van der Waals surface area contributed by atoms with Crippen LogP contribution in [0.25, 0.3) is 0 Å². The van der Waals surface area contributed by atoms with Crippen LogP contribution in [0.3, 0.4) is 0 Å². The van der Waals surface area contributed by atoms with Crippen molar-refractivity contribution in [2.45, 2.75) is 4.90 Å². The van der Waals surface area contributed by atoms with E-state index in [0.717, 1.165) is 0 Å². The number of rotatable bonds is 6. The van der Waals surface area contributed by atoms with Gasteiger partial charge in [0.1, 0.15) is 16.4 Å².